The standard InChI is InChI=1S/C26H38N4O2/c1-6-28(7-2)25(31)19-27-14-11-15-29(17-16-27)26(32)24-18-20(3)30(22(24)5)21(4)23-12-9-8-10-13-23/h8-10,12-13,18,21H,6-7,11,14-17,19H2,1-5H3. The maximum Gasteiger partial charge on any atom is 0.255 e. The van der Waals surface area contributed by atoms with Gasteiger partial charge in [0.1, 0.15) is 0 Å². The van der Waals surface area contributed by atoms with Gasteiger partial charge in [0.2, 0.25) is 5.91 Å². The number of hydrogen-bond donors (Lipinski definition) is 0. The van der Waals surface area contributed by atoms with E-state index in [1.807, 2.05) is 42.7 Å². The molecule has 3 rings (SSSR count). The van der Waals surface area contributed by atoms with Crippen molar-refractivity contribution in [2.24, 2.45) is 0 Å². The first-order valence-electron chi connectivity index (χ1n) is 11.9. The molecule has 1 unspecified atom stereocenters. The first kappa shape index (κ1) is 24.1. The Bertz CT molecular complexity index is 917. The lowest BCUT2D eigenvalue weighted by molar-refractivity contribution is -0.132. The molecule has 0 N–H and O–H groups in total. The number of benzene rings is 1. The van der Waals surface area contributed by atoms with E-state index in [9.17, 15) is 9.59 Å². The summed E-state index contributed by atoms with van der Waals surface area (Å²) in [5.74, 6) is 0.273. The van der Waals surface area contributed by atoms with Gasteiger partial charge in [-0.05, 0) is 52.7 Å². The number of nitrogens with zero attached hydrogens (tertiary/aromatic N) is 4. The quantitative estimate of drug-likeness (QED) is 0.662. The highest BCUT2D eigenvalue weighted by Crippen LogP contribution is 2.26. The average Bonchev–Trinajstić information content (AvgIpc) is 2.94. The van der Waals surface area contributed by atoms with Crippen LogP contribution in [0.1, 0.15) is 60.5 Å². The first-order chi connectivity index (χ1) is 15.4. The van der Waals surface area contributed by atoms with E-state index in [0.29, 0.717) is 13.1 Å². The fourth-order valence-electron chi connectivity index (χ4n) is 4.84. The zero-order valence-corrected chi connectivity index (χ0v) is 20.3. The smallest absolute Gasteiger partial charge is 0.255 e. The summed E-state index contributed by atoms with van der Waals surface area (Å²) in [6.45, 7) is 15.2. The molecule has 1 fully saturated rings. The predicted octanol–water partition coefficient (Wildman–Crippen LogP) is 3.73. The van der Waals surface area contributed by atoms with Crippen LogP contribution < -0.4 is 0 Å². The van der Waals surface area contributed by atoms with Crippen LogP contribution in [-0.2, 0) is 4.79 Å². The summed E-state index contributed by atoms with van der Waals surface area (Å²) < 4.78 is 2.26. The van der Waals surface area contributed by atoms with Crippen molar-refractivity contribution in [2.45, 2.75) is 47.1 Å². The van der Waals surface area contributed by atoms with Crippen molar-refractivity contribution in [1.29, 1.82) is 0 Å². The van der Waals surface area contributed by atoms with Gasteiger partial charge in [0.15, 0.2) is 0 Å². The van der Waals surface area contributed by atoms with Crippen LogP contribution in [0.2, 0.25) is 0 Å². The number of carbonyl (C=O) groups is 2. The maximum atomic E-state index is 13.4. The topological polar surface area (TPSA) is 48.8 Å². The largest absolute Gasteiger partial charge is 0.342 e. The summed E-state index contributed by atoms with van der Waals surface area (Å²) >= 11 is 0. The van der Waals surface area contributed by atoms with E-state index >= 15 is 0 Å². The second-order valence-electron chi connectivity index (χ2n) is 8.73. The Hall–Kier alpha value is -2.60. The lowest BCUT2D eigenvalue weighted by Gasteiger charge is -2.25. The van der Waals surface area contributed by atoms with Crippen LogP contribution in [0.4, 0.5) is 0 Å². The van der Waals surface area contributed by atoms with Gasteiger partial charge in [-0.3, -0.25) is 14.5 Å². The van der Waals surface area contributed by atoms with Crippen molar-refractivity contribution < 1.29 is 9.59 Å². The highest BCUT2D eigenvalue weighted by molar-refractivity contribution is 5.95. The van der Waals surface area contributed by atoms with Gasteiger partial charge in [0.25, 0.3) is 5.91 Å². The fraction of sp³-hybridized carbons (Fsp3) is 0.538. The number of aryl methyl sites for hydroxylation is 1. The molecule has 0 spiro atoms. The molecule has 1 aliphatic heterocycles. The third-order valence-corrected chi connectivity index (χ3v) is 6.73. The Balaban J connectivity index is 1.70. The van der Waals surface area contributed by atoms with E-state index in [1.54, 1.807) is 0 Å². The molecule has 2 heterocycles. The zero-order valence-electron chi connectivity index (χ0n) is 20.3. The van der Waals surface area contributed by atoms with Crippen LogP contribution >= 0.6 is 0 Å². The molecule has 1 aromatic heterocycles. The van der Waals surface area contributed by atoms with E-state index in [0.717, 1.165) is 56.1 Å². The molecular formula is C26H38N4O2. The lowest BCUT2D eigenvalue weighted by atomic mass is 10.1. The summed E-state index contributed by atoms with van der Waals surface area (Å²) in [4.78, 5) is 32.0. The van der Waals surface area contributed by atoms with Crippen molar-refractivity contribution in [2.75, 3.05) is 45.8 Å². The normalized spacial score (nSPS) is 16.0. The molecule has 32 heavy (non-hydrogen) atoms. The lowest BCUT2D eigenvalue weighted by Crippen LogP contribution is -2.42. The van der Waals surface area contributed by atoms with E-state index in [2.05, 4.69) is 47.6 Å². The second kappa shape index (κ2) is 10.8. The van der Waals surface area contributed by atoms with E-state index in [-0.39, 0.29) is 17.9 Å². The number of carbonyl (C=O) groups excluding carboxylic acids is 2. The van der Waals surface area contributed by atoms with Gasteiger partial charge in [-0.25, -0.2) is 0 Å². The number of amides is 2. The molecule has 0 aliphatic carbocycles. The molecule has 2 aromatic rings. The van der Waals surface area contributed by atoms with Gasteiger partial charge in [0, 0.05) is 50.7 Å². The van der Waals surface area contributed by atoms with Crippen molar-refractivity contribution in [3.63, 3.8) is 0 Å². The molecule has 6 nitrogen and oxygen atoms in total. The van der Waals surface area contributed by atoms with E-state index in [1.165, 1.54) is 5.56 Å². The number of likely N-dealkylation sites (N-methyl/N-ethyl adjacent to an activating group) is 1. The number of hydrogen-bond acceptors (Lipinski definition) is 3. The predicted molar refractivity (Wildman–Crippen MR) is 129 cm³/mol. The molecule has 1 aliphatic rings. The molecule has 174 valence electrons. The molecule has 1 aromatic carbocycles. The molecule has 0 bridgehead atoms. The Labute approximate surface area is 192 Å². The highest BCUT2D eigenvalue weighted by Gasteiger charge is 2.26. The van der Waals surface area contributed by atoms with E-state index < -0.39 is 0 Å². The van der Waals surface area contributed by atoms with Crippen molar-refractivity contribution in [1.82, 2.24) is 19.3 Å². The van der Waals surface area contributed by atoms with Crippen LogP contribution in [-0.4, -0.2) is 76.9 Å². The summed E-state index contributed by atoms with van der Waals surface area (Å²) in [5, 5.41) is 0. The van der Waals surface area contributed by atoms with Crippen LogP contribution in [0.3, 0.4) is 0 Å². The molecule has 6 heteroatoms. The van der Waals surface area contributed by atoms with Gasteiger partial charge in [-0.1, -0.05) is 30.3 Å². The van der Waals surface area contributed by atoms with Crippen molar-refractivity contribution in [3.05, 3.63) is 58.9 Å². The molecule has 0 radical (unpaired) electrons. The molecule has 1 saturated heterocycles. The average molecular weight is 439 g/mol. The van der Waals surface area contributed by atoms with Crippen LogP contribution in [0.5, 0.6) is 0 Å². The Morgan fingerprint density at radius 1 is 1.00 bits per heavy atom. The van der Waals surface area contributed by atoms with Gasteiger partial charge in [-0.2, -0.15) is 0 Å². The Morgan fingerprint density at radius 2 is 1.69 bits per heavy atom. The zero-order chi connectivity index (χ0) is 23.3. The van der Waals surface area contributed by atoms with Crippen molar-refractivity contribution >= 4 is 11.8 Å². The van der Waals surface area contributed by atoms with Gasteiger partial charge in [-0.15, -0.1) is 0 Å². The minimum atomic E-state index is 0.0986. The molecule has 2 amide bonds. The third kappa shape index (κ3) is 5.23. The summed E-state index contributed by atoms with van der Waals surface area (Å²) in [6.07, 6.45) is 0.885. The van der Waals surface area contributed by atoms with Gasteiger partial charge < -0.3 is 14.4 Å². The minimum absolute atomic E-state index is 0.0986. The minimum Gasteiger partial charge on any atom is -0.342 e. The fourth-order valence-corrected chi connectivity index (χ4v) is 4.84. The second-order valence-corrected chi connectivity index (χ2v) is 8.73. The first-order valence-corrected chi connectivity index (χ1v) is 11.9. The molecule has 1 atom stereocenters. The Kier molecular flexibility index (Phi) is 8.13. The SMILES string of the molecule is CCN(CC)C(=O)CN1CCCN(C(=O)c2cc(C)n(C(C)c3ccccc3)c2C)CC1. The van der Waals surface area contributed by atoms with Crippen LogP contribution in [0, 0.1) is 13.8 Å². The van der Waals surface area contributed by atoms with Crippen LogP contribution in [0.25, 0.3) is 0 Å². The molecule has 0 saturated carbocycles. The summed E-state index contributed by atoms with van der Waals surface area (Å²) in [5.41, 5.74) is 4.14. The van der Waals surface area contributed by atoms with E-state index in [4.69, 9.17) is 0 Å². The summed E-state index contributed by atoms with van der Waals surface area (Å²) in [6, 6.07) is 12.6. The third-order valence-electron chi connectivity index (χ3n) is 6.73. The van der Waals surface area contributed by atoms with Crippen LogP contribution in [0.15, 0.2) is 36.4 Å². The van der Waals surface area contributed by atoms with Gasteiger partial charge >= 0.3 is 0 Å². The maximum absolute atomic E-state index is 13.4. The monoisotopic (exact) mass is 438 g/mol. The highest BCUT2D eigenvalue weighted by atomic mass is 16.2. The number of rotatable bonds is 7. The van der Waals surface area contributed by atoms with Crippen molar-refractivity contribution in [3.8, 4) is 0 Å². The summed E-state index contributed by atoms with van der Waals surface area (Å²) in [7, 11) is 0. The molecular weight excluding hydrogens is 400 g/mol. The Morgan fingerprint density at radius 3 is 2.34 bits per heavy atom. The van der Waals surface area contributed by atoms with Gasteiger partial charge in [0.05, 0.1) is 18.2 Å². The number of aromatic nitrogens is 1.